The van der Waals surface area contributed by atoms with E-state index in [-0.39, 0.29) is 13.1 Å². The number of fused-ring (bicyclic) bond motifs is 1. The zero-order valence-electron chi connectivity index (χ0n) is 14.0. The highest BCUT2D eigenvalue weighted by atomic mass is 16.6. The van der Waals surface area contributed by atoms with Gasteiger partial charge in [-0.2, -0.15) is 0 Å². The Morgan fingerprint density at radius 2 is 1.88 bits per heavy atom. The second kappa shape index (κ2) is 3.91. The van der Waals surface area contributed by atoms with Gasteiger partial charge in [0.15, 0.2) is 0 Å². The molecule has 16 heavy (non-hydrogen) atoms. The first kappa shape index (κ1) is 7.54. The lowest BCUT2D eigenvalue weighted by molar-refractivity contribution is 0.0279. The minimum Gasteiger partial charge on any atom is -0.444 e. The molecule has 2 rings (SSSR count). The summed E-state index contributed by atoms with van der Waals surface area (Å²) < 4.78 is 37.3. The summed E-state index contributed by atoms with van der Waals surface area (Å²) in [6.07, 6.45) is -4.15. The van der Waals surface area contributed by atoms with Crippen LogP contribution < -0.4 is 5.73 Å². The maximum Gasteiger partial charge on any atom is 0.410 e. The van der Waals surface area contributed by atoms with Gasteiger partial charge in [0.25, 0.3) is 0 Å². The van der Waals surface area contributed by atoms with Crippen LogP contribution in [0.5, 0.6) is 0 Å². The SMILES string of the molecule is [2H]C1([2H])C(N)C([2H])([2H])[C@H]2CN(C(=O)OC(C)(C)C)C[C@H]21. The Morgan fingerprint density at radius 1 is 1.38 bits per heavy atom. The van der Waals surface area contributed by atoms with E-state index < -0.39 is 42.3 Å². The van der Waals surface area contributed by atoms with Gasteiger partial charge in [-0.15, -0.1) is 0 Å². The molecule has 1 aliphatic heterocycles. The third-order valence-corrected chi connectivity index (χ3v) is 2.76. The van der Waals surface area contributed by atoms with E-state index in [1.165, 1.54) is 4.90 Å². The van der Waals surface area contributed by atoms with Gasteiger partial charge in [-0.05, 0) is 45.4 Å². The molecule has 4 nitrogen and oxygen atoms in total. The number of hydrogen-bond donors (Lipinski definition) is 1. The number of carbonyl (C=O) groups excluding carboxylic acids is 1. The molecule has 1 heterocycles. The third kappa shape index (κ3) is 2.48. The molecule has 0 spiro atoms. The van der Waals surface area contributed by atoms with Crippen molar-refractivity contribution in [2.75, 3.05) is 13.1 Å². The average Bonchev–Trinajstić information content (AvgIpc) is 2.75. The van der Waals surface area contributed by atoms with E-state index in [1.54, 1.807) is 20.8 Å². The maximum atomic E-state index is 12.0. The zero-order valence-corrected chi connectivity index (χ0v) is 9.99. The molecule has 92 valence electrons. The van der Waals surface area contributed by atoms with Crippen molar-refractivity contribution >= 4 is 6.09 Å². The van der Waals surface area contributed by atoms with Crippen LogP contribution in [0.1, 0.15) is 39.0 Å². The number of rotatable bonds is 0. The van der Waals surface area contributed by atoms with Crippen LogP contribution in [0.4, 0.5) is 4.79 Å². The summed E-state index contributed by atoms with van der Waals surface area (Å²) in [6.45, 7) is 5.59. The molecule has 1 amide bonds. The summed E-state index contributed by atoms with van der Waals surface area (Å²) in [5, 5.41) is 0. The molecule has 0 aromatic rings. The lowest BCUT2D eigenvalue weighted by atomic mass is 10.0. The van der Waals surface area contributed by atoms with Gasteiger partial charge in [-0.1, -0.05) is 0 Å². The van der Waals surface area contributed by atoms with Crippen LogP contribution in [0, 0.1) is 11.8 Å². The van der Waals surface area contributed by atoms with Gasteiger partial charge in [-0.25, -0.2) is 4.79 Å². The Balaban J connectivity index is 2.15. The van der Waals surface area contributed by atoms with Gasteiger partial charge in [-0.3, -0.25) is 0 Å². The van der Waals surface area contributed by atoms with Crippen molar-refractivity contribution in [2.45, 2.75) is 45.2 Å². The Kier molecular flexibility index (Phi) is 1.84. The predicted molar refractivity (Wildman–Crippen MR) is 62.0 cm³/mol. The van der Waals surface area contributed by atoms with E-state index in [2.05, 4.69) is 0 Å². The first-order valence-electron chi connectivity index (χ1n) is 7.61. The van der Waals surface area contributed by atoms with Gasteiger partial charge < -0.3 is 15.4 Å². The number of carbonyl (C=O) groups is 1. The molecule has 4 heteroatoms. The van der Waals surface area contributed by atoms with Crippen LogP contribution in [0.25, 0.3) is 0 Å². The van der Waals surface area contributed by atoms with Crippen LogP contribution in [0.15, 0.2) is 0 Å². The first-order chi connectivity index (χ1) is 8.87. The van der Waals surface area contributed by atoms with E-state index in [4.69, 9.17) is 16.0 Å². The van der Waals surface area contributed by atoms with Crippen molar-refractivity contribution in [3.8, 4) is 0 Å². The molecule has 0 bridgehead atoms. The molecule has 2 fully saturated rings. The first-order valence-corrected chi connectivity index (χ1v) is 5.61. The fourth-order valence-corrected chi connectivity index (χ4v) is 2.13. The Labute approximate surface area is 103 Å². The van der Waals surface area contributed by atoms with Crippen LogP contribution in [-0.4, -0.2) is 35.7 Å². The quantitative estimate of drug-likeness (QED) is 0.687. The highest BCUT2D eigenvalue weighted by Crippen LogP contribution is 2.37. The summed E-state index contributed by atoms with van der Waals surface area (Å²) in [4.78, 5) is 13.4. The average molecular weight is 230 g/mol. The minimum atomic E-state index is -1.81. The van der Waals surface area contributed by atoms with Gasteiger partial charge >= 0.3 is 6.09 Å². The van der Waals surface area contributed by atoms with E-state index in [0.29, 0.717) is 0 Å². The largest absolute Gasteiger partial charge is 0.444 e. The van der Waals surface area contributed by atoms with Crippen LogP contribution in [0.3, 0.4) is 0 Å². The number of amides is 1. The van der Waals surface area contributed by atoms with Gasteiger partial charge in [0, 0.05) is 24.6 Å². The molecule has 1 unspecified atom stereocenters. The van der Waals surface area contributed by atoms with E-state index in [1.807, 2.05) is 0 Å². The monoisotopic (exact) mass is 230 g/mol. The number of nitrogens with zero attached hydrogens (tertiary/aromatic N) is 1. The summed E-state index contributed by atoms with van der Waals surface area (Å²) in [5.74, 6) is -1.17. The highest BCUT2D eigenvalue weighted by molar-refractivity contribution is 5.68. The van der Waals surface area contributed by atoms with Crippen molar-refractivity contribution in [1.29, 1.82) is 0 Å². The lowest BCUT2D eigenvalue weighted by Crippen LogP contribution is -2.36. The van der Waals surface area contributed by atoms with Gasteiger partial charge in [0.1, 0.15) is 5.60 Å². The summed E-state index contributed by atoms with van der Waals surface area (Å²) >= 11 is 0. The fraction of sp³-hybridized carbons (Fsp3) is 0.917. The molecule has 0 aromatic carbocycles. The second-order valence-corrected chi connectivity index (χ2v) is 5.41. The predicted octanol–water partition coefficient (Wildman–Crippen LogP) is 1.59. The van der Waals surface area contributed by atoms with Crippen LogP contribution in [-0.2, 0) is 4.74 Å². The van der Waals surface area contributed by atoms with Crippen LogP contribution >= 0.6 is 0 Å². The van der Waals surface area contributed by atoms with Crippen molar-refractivity contribution < 1.29 is 15.0 Å². The number of likely N-dealkylation sites (tertiary alicyclic amines) is 1. The Morgan fingerprint density at radius 3 is 2.31 bits per heavy atom. The fourth-order valence-electron chi connectivity index (χ4n) is 2.13. The minimum absolute atomic E-state index is 0.153. The molecule has 1 saturated heterocycles. The zero-order chi connectivity index (χ0) is 15.5. The Hall–Kier alpha value is -0.770. The van der Waals surface area contributed by atoms with E-state index >= 15 is 0 Å². The molecule has 2 aliphatic rings. The van der Waals surface area contributed by atoms with E-state index in [9.17, 15) is 4.79 Å². The number of ether oxygens (including phenoxy) is 1. The summed E-state index contributed by atoms with van der Waals surface area (Å²) in [6, 6.07) is -1.16. The van der Waals surface area contributed by atoms with Crippen molar-refractivity contribution in [3.63, 3.8) is 0 Å². The van der Waals surface area contributed by atoms with E-state index in [0.717, 1.165) is 0 Å². The van der Waals surface area contributed by atoms with Crippen LogP contribution in [0.2, 0.25) is 0 Å². The van der Waals surface area contributed by atoms with Gasteiger partial charge in [0.05, 0.1) is 0 Å². The van der Waals surface area contributed by atoms with Crippen molar-refractivity contribution in [2.24, 2.45) is 17.6 Å². The highest BCUT2D eigenvalue weighted by Gasteiger charge is 2.42. The standard InChI is InChI=1S/C12H22N2O2/c1-12(2,3)16-11(15)14-6-8-4-10(13)5-9(8)7-14/h8-10H,4-7,13H2,1-3H3/t8-,9+,10?/i4D2,5D2. The third-order valence-electron chi connectivity index (χ3n) is 2.76. The lowest BCUT2D eigenvalue weighted by Gasteiger charge is -2.25. The number of hydrogen-bond acceptors (Lipinski definition) is 3. The molecule has 2 N–H and O–H groups in total. The molecular formula is C12H22N2O2. The number of nitrogens with two attached hydrogens (primary N) is 1. The summed E-state index contributed by atoms with van der Waals surface area (Å²) in [5.41, 5.74) is 5.10. The van der Waals surface area contributed by atoms with Gasteiger partial charge in [0.2, 0.25) is 0 Å². The molecule has 1 saturated carbocycles. The Bertz CT molecular complexity index is 398. The summed E-state index contributed by atoms with van der Waals surface area (Å²) in [7, 11) is 0. The molecule has 0 radical (unpaired) electrons. The smallest absolute Gasteiger partial charge is 0.410 e. The van der Waals surface area contributed by atoms with Crippen molar-refractivity contribution in [1.82, 2.24) is 4.90 Å². The normalized spacial score (nSPS) is 44.0. The maximum absolute atomic E-state index is 12.0. The molecular weight excluding hydrogens is 204 g/mol. The topological polar surface area (TPSA) is 55.6 Å². The molecule has 0 aromatic heterocycles. The molecule has 3 atom stereocenters. The molecule has 1 aliphatic carbocycles. The second-order valence-electron chi connectivity index (χ2n) is 5.41. The van der Waals surface area contributed by atoms with Crippen molar-refractivity contribution in [3.05, 3.63) is 0 Å².